The molecule has 1 aromatic carbocycles. The number of amides is 2. The largest absolute Gasteiger partial charge is 0.444 e. The lowest BCUT2D eigenvalue weighted by molar-refractivity contribution is 0.0713. The molecule has 3 heterocycles. The number of fused-ring (bicyclic) bond motifs is 1. The second kappa shape index (κ2) is 6.28. The van der Waals surface area contributed by atoms with Crippen LogP contribution in [0, 0.1) is 0 Å². The molecule has 5 nitrogen and oxygen atoms in total. The first-order valence-electron chi connectivity index (χ1n) is 8.11. The predicted octanol–water partition coefficient (Wildman–Crippen LogP) is 3.51. The van der Waals surface area contributed by atoms with Gasteiger partial charge in [0.2, 0.25) is 0 Å². The van der Waals surface area contributed by atoms with Crippen LogP contribution in [0.2, 0.25) is 0 Å². The van der Waals surface area contributed by atoms with E-state index in [0.29, 0.717) is 19.7 Å². The smallest absolute Gasteiger partial charge is 0.414 e. The Balaban J connectivity index is 1.48. The van der Waals surface area contributed by atoms with Crippen molar-refractivity contribution in [1.82, 2.24) is 4.90 Å². The highest BCUT2D eigenvalue weighted by molar-refractivity contribution is 7.12. The molecule has 124 valence electrons. The second-order valence-electron chi connectivity index (χ2n) is 6.05. The number of carbonyl (C=O) groups is 2. The van der Waals surface area contributed by atoms with E-state index in [1.165, 1.54) is 11.3 Å². The summed E-state index contributed by atoms with van der Waals surface area (Å²) >= 11 is 1.47. The van der Waals surface area contributed by atoms with Gasteiger partial charge in [0, 0.05) is 24.7 Å². The molecule has 0 bridgehead atoms. The van der Waals surface area contributed by atoms with Crippen molar-refractivity contribution in [2.75, 3.05) is 18.0 Å². The number of piperidine rings is 1. The number of likely N-dealkylation sites (tertiary alicyclic amines) is 1. The van der Waals surface area contributed by atoms with Crippen molar-refractivity contribution >= 4 is 29.0 Å². The van der Waals surface area contributed by atoms with E-state index in [4.69, 9.17) is 4.74 Å². The number of hydrogen-bond donors (Lipinski definition) is 0. The average Bonchev–Trinajstić information content (AvgIpc) is 3.16. The van der Waals surface area contributed by atoms with Gasteiger partial charge < -0.3 is 9.64 Å². The van der Waals surface area contributed by atoms with Crippen molar-refractivity contribution < 1.29 is 14.3 Å². The van der Waals surface area contributed by atoms with E-state index in [9.17, 15) is 9.59 Å². The van der Waals surface area contributed by atoms with E-state index < -0.39 is 0 Å². The van der Waals surface area contributed by atoms with Crippen LogP contribution < -0.4 is 4.90 Å². The van der Waals surface area contributed by atoms with Crippen molar-refractivity contribution in [3.8, 4) is 0 Å². The number of benzene rings is 1. The average molecular weight is 342 g/mol. The van der Waals surface area contributed by atoms with Gasteiger partial charge in [-0.15, -0.1) is 11.3 Å². The Labute approximate surface area is 144 Å². The van der Waals surface area contributed by atoms with Gasteiger partial charge >= 0.3 is 6.09 Å². The van der Waals surface area contributed by atoms with Gasteiger partial charge in [-0.3, -0.25) is 9.69 Å². The number of nitrogens with zero attached hydrogens (tertiary/aromatic N) is 2. The summed E-state index contributed by atoms with van der Waals surface area (Å²) in [6.07, 6.45) is 1.25. The molecule has 6 heteroatoms. The lowest BCUT2D eigenvalue weighted by Gasteiger charge is -2.40. The van der Waals surface area contributed by atoms with Crippen LogP contribution in [0.25, 0.3) is 0 Å². The van der Waals surface area contributed by atoms with Gasteiger partial charge in [-0.2, -0.15) is 0 Å². The third-order valence-electron chi connectivity index (χ3n) is 4.65. The molecule has 0 unspecified atom stereocenters. The summed E-state index contributed by atoms with van der Waals surface area (Å²) in [6, 6.07) is 11.7. The zero-order chi connectivity index (χ0) is 16.5. The Morgan fingerprint density at radius 1 is 1.12 bits per heavy atom. The normalized spacial score (nSPS) is 18.2. The maximum absolute atomic E-state index is 12.4. The molecule has 2 aliphatic rings. The molecule has 4 rings (SSSR count). The number of ether oxygens (including phenoxy) is 1. The molecule has 1 saturated heterocycles. The summed E-state index contributed by atoms with van der Waals surface area (Å²) in [5.74, 6) is 0.0880. The molecule has 0 saturated carbocycles. The molecule has 0 atom stereocenters. The summed E-state index contributed by atoms with van der Waals surface area (Å²) in [7, 11) is 0. The molecule has 0 spiro atoms. The predicted molar refractivity (Wildman–Crippen MR) is 92.4 cm³/mol. The zero-order valence-corrected chi connectivity index (χ0v) is 14.0. The molecule has 0 aliphatic carbocycles. The summed E-state index contributed by atoms with van der Waals surface area (Å²) in [4.78, 5) is 29.1. The first kappa shape index (κ1) is 15.2. The van der Waals surface area contributed by atoms with E-state index in [-0.39, 0.29) is 18.0 Å². The molecule has 2 amide bonds. The SMILES string of the molecule is O=C(c1cccs1)N1CCC(N2C(=O)OCc3ccccc32)CC1. The quantitative estimate of drug-likeness (QED) is 0.839. The number of thiophene rings is 1. The Bertz CT molecular complexity index is 751. The third kappa shape index (κ3) is 2.67. The molecular formula is C18H18N2O3S. The van der Waals surface area contributed by atoms with Gasteiger partial charge in [-0.25, -0.2) is 4.79 Å². The van der Waals surface area contributed by atoms with Crippen LogP contribution in [0.1, 0.15) is 28.1 Å². The molecule has 1 fully saturated rings. The Morgan fingerprint density at radius 2 is 1.92 bits per heavy atom. The Hall–Kier alpha value is -2.34. The monoisotopic (exact) mass is 342 g/mol. The lowest BCUT2D eigenvalue weighted by Crippen LogP contribution is -2.50. The molecule has 0 radical (unpaired) electrons. The minimum Gasteiger partial charge on any atom is -0.444 e. The fraction of sp³-hybridized carbons (Fsp3) is 0.333. The van der Waals surface area contributed by atoms with Gasteiger partial charge in [-0.1, -0.05) is 24.3 Å². The van der Waals surface area contributed by atoms with Crippen molar-refractivity contribution in [1.29, 1.82) is 0 Å². The molecule has 1 aromatic heterocycles. The minimum atomic E-state index is -0.281. The maximum atomic E-state index is 12.4. The van der Waals surface area contributed by atoms with Crippen molar-refractivity contribution in [2.24, 2.45) is 0 Å². The third-order valence-corrected chi connectivity index (χ3v) is 5.51. The Morgan fingerprint density at radius 3 is 2.67 bits per heavy atom. The fourth-order valence-corrected chi connectivity index (χ4v) is 4.10. The van der Waals surface area contributed by atoms with Gasteiger partial charge in [-0.05, 0) is 30.4 Å². The van der Waals surface area contributed by atoms with E-state index in [2.05, 4.69) is 0 Å². The van der Waals surface area contributed by atoms with Crippen LogP contribution in [-0.4, -0.2) is 36.0 Å². The number of hydrogen-bond acceptors (Lipinski definition) is 4. The van der Waals surface area contributed by atoms with Crippen molar-refractivity contribution in [3.05, 3.63) is 52.2 Å². The minimum absolute atomic E-state index is 0.0753. The first-order valence-corrected chi connectivity index (χ1v) is 8.98. The van der Waals surface area contributed by atoms with Gasteiger partial charge in [0.1, 0.15) is 6.61 Å². The first-order chi connectivity index (χ1) is 11.7. The highest BCUT2D eigenvalue weighted by atomic mass is 32.1. The standard InChI is InChI=1S/C18H18N2O3S/c21-17(16-6-3-11-24-16)19-9-7-14(8-10-19)20-15-5-2-1-4-13(15)12-23-18(20)22/h1-6,11,14H,7-10,12H2. The van der Waals surface area contributed by atoms with Gasteiger partial charge in [0.05, 0.1) is 10.6 Å². The van der Waals surface area contributed by atoms with Crippen molar-refractivity contribution in [2.45, 2.75) is 25.5 Å². The molecule has 2 aliphatic heterocycles. The summed E-state index contributed by atoms with van der Waals surface area (Å²) in [5, 5.41) is 1.92. The summed E-state index contributed by atoms with van der Waals surface area (Å²) < 4.78 is 5.31. The van der Waals surface area contributed by atoms with Crippen LogP contribution >= 0.6 is 11.3 Å². The van der Waals surface area contributed by atoms with Crippen LogP contribution in [0.4, 0.5) is 10.5 Å². The number of anilines is 1. The maximum Gasteiger partial charge on any atom is 0.414 e. The van der Waals surface area contributed by atoms with E-state index in [0.717, 1.165) is 29.0 Å². The number of carbonyl (C=O) groups excluding carboxylic acids is 2. The molecule has 0 N–H and O–H groups in total. The van der Waals surface area contributed by atoms with E-state index in [1.807, 2.05) is 46.7 Å². The highest BCUT2D eigenvalue weighted by Crippen LogP contribution is 2.32. The molecule has 24 heavy (non-hydrogen) atoms. The van der Waals surface area contributed by atoms with Crippen LogP contribution in [-0.2, 0) is 11.3 Å². The highest BCUT2D eigenvalue weighted by Gasteiger charge is 2.35. The van der Waals surface area contributed by atoms with Crippen molar-refractivity contribution in [3.63, 3.8) is 0 Å². The second-order valence-corrected chi connectivity index (χ2v) is 7.00. The number of cyclic esters (lactones) is 1. The summed E-state index contributed by atoms with van der Waals surface area (Å²) in [6.45, 7) is 1.65. The summed E-state index contributed by atoms with van der Waals surface area (Å²) in [5.41, 5.74) is 1.98. The van der Waals surface area contributed by atoms with Gasteiger partial charge in [0.25, 0.3) is 5.91 Å². The van der Waals surface area contributed by atoms with Crippen LogP contribution in [0.15, 0.2) is 41.8 Å². The zero-order valence-electron chi connectivity index (χ0n) is 13.2. The van der Waals surface area contributed by atoms with Gasteiger partial charge in [0.15, 0.2) is 0 Å². The fourth-order valence-electron chi connectivity index (χ4n) is 3.40. The van der Waals surface area contributed by atoms with Crippen LogP contribution in [0.5, 0.6) is 0 Å². The molecular weight excluding hydrogens is 324 g/mol. The van der Waals surface area contributed by atoms with Crippen LogP contribution in [0.3, 0.4) is 0 Å². The Kier molecular flexibility index (Phi) is 3.98. The number of para-hydroxylation sites is 1. The lowest BCUT2D eigenvalue weighted by atomic mass is 10.0. The van der Waals surface area contributed by atoms with E-state index >= 15 is 0 Å². The van der Waals surface area contributed by atoms with E-state index in [1.54, 1.807) is 4.90 Å². The molecule has 2 aromatic rings. The number of rotatable bonds is 2. The topological polar surface area (TPSA) is 49.9 Å².